The first-order valence-corrected chi connectivity index (χ1v) is 12.4. The Morgan fingerprint density at radius 2 is 1.88 bits per heavy atom. The van der Waals surface area contributed by atoms with Crippen molar-refractivity contribution >= 4 is 17.6 Å². The van der Waals surface area contributed by atoms with E-state index in [4.69, 9.17) is 9.15 Å². The zero-order valence-corrected chi connectivity index (χ0v) is 19.4. The van der Waals surface area contributed by atoms with Crippen LogP contribution in [-0.4, -0.2) is 63.7 Å². The minimum Gasteiger partial charge on any atom is -0.466 e. The number of fused-ring (bicyclic) bond motifs is 3. The minimum absolute atomic E-state index is 0.102. The van der Waals surface area contributed by atoms with Gasteiger partial charge in [-0.05, 0) is 25.0 Å². The van der Waals surface area contributed by atoms with Gasteiger partial charge in [0, 0.05) is 24.7 Å². The zero-order chi connectivity index (χ0) is 23.6. The summed E-state index contributed by atoms with van der Waals surface area (Å²) in [6, 6.07) is 3.36. The van der Waals surface area contributed by atoms with E-state index in [-0.39, 0.29) is 29.6 Å². The molecule has 6 rings (SSSR count). The number of nitrogens with one attached hydrogen (secondary N) is 1. The van der Waals surface area contributed by atoms with Gasteiger partial charge in [0.2, 0.25) is 5.60 Å². The van der Waals surface area contributed by atoms with Crippen LogP contribution in [0.15, 0.2) is 41.5 Å². The first-order valence-electron chi connectivity index (χ1n) is 12.4. The van der Waals surface area contributed by atoms with E-state index in [9.17, 15) is 14.7 Å². The Morgan fingerprint density at radius 3 is 2.56 bits per heavy atom. The van der Waals surface area contributed by atoms with E-state index < -0.39 is 11.6 Å². The summed E-state index contributed by atoms with van der Waals surface area (Å²) in [5.74, 6) is -0.421. The van der Waals surface area contributed by atoms with Crippen molar-refractivity contribution in [1.29, 1.82) is 0 Å². The van der Waals surface area contributed by atoms with Crippen molar-refractivity contribution in [3.8, 4) is 0 Å². The second-order valence-electron chi connectivity index (χ2n) is 10.2. The summed E-state index contributed by atoms with van der Waals surface area (Å²) >= 11 is 0. The zero-order valence-electron chi connectivity index (χ0n) is 19.4. The van der Waals surface area contributed by atoms with Crippen LogP contribution in [0.2, 0.25) is 0 Å². The van der Waals surface area contributed by atoms with Gasteiger partial charge in [-0.2, -0.15) is 0 Å². The molecule has 1 amide bonds. The Balaban J connectivity index is 1.29. The van der Waals surface area contributed by atoms with E-state index >= 15 is 0 Å². The molecule has 2 aromatic rings. The highest BCUT2D eigenvalue weighted by molar-refractivity contribution is 5.91. The Labute approximate surface area is 199 Å². The van der Waals surface area contributed by atoms with E-state index in [0.29, 0.717) is 23.3 Å². The van der Waals surface area contributed by atoms with Crippen molar-refractivity contribution < 1.29 is 28.3 Å². The summed E-state index contributed by atoms with van der Waals surface area (Å²) in [6.07, 6.45) is 12.1. The number of rotatable bonds is 7. The van der Waals surface area contributed by atoms with Crippen molar-refractivity contribution in [3.05, 3.63) is 42.9 Å². The highest BCUT2D eigenvalue weighted by Crippen LogP contribution is 2.42. The molecule has 5 heterocycles. The van der Waals surface area contributed by atoms with E-state index in [1.165, 1.54) is 12.6 Å². The highest BCUT2D eigenvalue weighted by Gasteiger charge is 2.54. The van der Waals surface area contributed by atoms with Gasteiger partial charge in [-0.3, -0.25) is 4.79 Å². The van der Waals surface area contributed by atoms with Crippen molar-refractivity contribution in [3.63, 3.8) is 0 Å². The maximum Gasteiger partial charge on any atom is 0.346 e. The molecule has 9 nitrogen and oxygen atoms in total. The molecule has 1 unspecified atom stereocenters. The fraction of sp³-hybridized carbons (Fsp3) is 0.600. The molecule has 0 radical (unpaired) electrons. The Morgan fingerprint density at radius 1 is 1.15 bits per heavy atom. The third kappa shape index (κ3) is 4.46. The van der Waals surface area contributed by atoms with Crippen molar-refractivity contribution in [2.24, 2.45) is 11.8 Å². The maximum absolute atomic E-state index is 13.5. The summed E-state index contributed by atoms with van der Waals surface area (Å²) < 4.78 is 12.2. The van der Waals surface area contributed by atoms with Gasteiger partial charge >= 0.3 is 5.97 Å². The van der Waals surface area contributed by atoms with E-state index in [1.807, 2.05) is 0 Å². The third-order valence-corrected chi connectivity index (χ3v) is 8.03. The van der Waals surface area contributed by atoms with Gasteiger partial charge in [0.05, 0.1) is 37.4 Å². The molecule has 3 aliphatic heterocycles. The van der Waals surface area contributed by atoms with Crippen LogP contribution in [0.1, 0.15) is 50.7 Å². The number of amides is 1. The topological polar surface area (TPSA) is 115 Å². The molecule has 2 N–H and O–H groups in total. The lowest BCUT2D eigenvalue weighted by molar-refractivity contribution is -0.939. The van der Waals surface area contributed by atoms with Crippen LogP contribution in [0.3, 0.4) is 0 Å². The number of aromatic nitrogens is 2. The number of hydrogen-bond acceptors (Lipinski definition) is 7. The number of ether oxygens (including phenoxy) is 1. The van der Waals surface area contributed by atoms with Crippen LogP contribution in [0, 0.1) is 11.8 Å². The quantitative estimate of drug-likeness (QED) is 0.473. The monoisotopic (exact) mass is 469 g/mol. The average molecular weight is 470 g/mol. The van der Waals surface area contributed by atoms with Crippen molar-refractivity contribution in [1.82, 2.24) is 9.97 Å². The summed E-state index contributed by atoms with van der Waals surface area (Å²) in [7, 11) is 0. The molecule has 0 spiro atoms. The lowest BCUT2D eigenvalue weighted by Crippen LogP contribution is -2.66. The van der Waals surface area contributed by atoms with Crippen molar-refractivity contribution in [2.75, 3.05) is 31.5 Å². The fourth-order valence-corrected chi connectivity index (χ4v) is 6.16. The lowest BCUT2D eigenvalue weighted by atomic mass is 9.75. The molecule has 2 bridgehead atoms. The minimum atomic E-state index is -1.77. The number of nitrogens with zero attached hydrogens (tertiary/aromatic N) is 3. The summed E-state index contributed by atoms with van der Waals surface area (Å²) in [6.45, 7) is 2.64. The van der Waals surface area contributed by atoms with Gasteiger partial charge in [-0.1, -0.05) is 19.3 Å². The molecule has 182 valence electrons. The molecule has 0 aromatic carbocycles. The third-order valence-electron chi connectivity index (χ3n) is 8.03. The van der Waals surface area contributed by atoms with Crippen LogP contribution in [0.25, 0.3) is 0 Å². The van der Waals surface area contributed by atoms with E-state index in [2.05, 4.69) is 15.3 Å². The van der Waals surface area contributed by atoms with Crippen molar-refractivity contribution in [2.45, 2.75) is 56.7 Å². The Bertz CT molecular complexity index is 984. The number of anilines is 1. The van der Waals surface area contributed by atoms with Gasteiger partial charge in [0.1, 0.15) is 18.6 Å². The smallest absolute Gasteiger partial charge is 0.346 e. The van der Waals surface area contributed by atoms with Gasteiger partial charge in [0.25, 0.3) is 5.91 Å². The number of carbonyl (C=O) groups excluding carboxylic acids is 2. The number of carbonyl (C=O) groups is 2. The van der Waals surface area contributed by atoms with E-state index in [0.717, 1.165) is 58.0 Å². The van der Waals surface area contributed by atoms with Crippen LogP contribution in [0.4, 0.5) is 5.69 Å². The molecular formula is C25H33N4O5+. The highest BCUT2D eigenvalue weighted by atomic mass is 16.6. The molecular weight excluding hydrogens is 436 g/mol. The van der Waals surface area contributed by atoms with Crippen LogP contribution in [-0.2, 0) is 19.9 Å². The molecule has 9 heteroatoms. The molecule has 3 saturated heterocycles. The largest absolute Gasteiger partial charge is 0.466 e. The molecule has 34 heavy (non-hydrogen) atoms. The van der Waals surface area contributed by atoms with Gasteiger partial charge < -0.3 is 24.1 Å². The number of furan rings is 1. The predicted molar refractivity (Wildman–Crippen MR) is 122 cm³/mol. The van der Waals surface area contributed by atoms with E-state index in [1.54, 1.807) is 24.5 Å². The van der Waals surface area contributed by atoms with Crippen LogP contribution < -0.4 is 5.32 Å². The average Bonchev–Trinajstić information content (AvgIpc) is 3.40. The first kappa shape index (κ1) is 23.0. The predicted octanol–water partition coefficient (Wildman–Crippen LogP) is 2.63. The fourth-order valence-electron chi connectivity index (χ4n) is 6.16. The molecule has 2 atom stereocenters. The molecule has 2 aromatic heterocycles. The summed E-state index contributed by atoms with van der Waals surface area (Å²) in [5.41, 5.74) is -1.21. The molecule has 4 aliphatic rings. The number of aliphatic hydroxyl groups is 1. The van der Waals surface area contributed by atoms with Gasteiger partial charge in [-0.25, -0.2) is 14.8 Å². The van der Waals surface area contributed by atoms with Gasteiger partial charge in [0.15, 0.2) is 12.6 Å². The summed E-state index contributed by atoms with van der Waals surface area (Å²) in [4.78, 5) is 34.2. The Kier molecular flexibility index (Phi) is 6.40. The number of esters is 1. The SMILES string of the molecule is O=C(C[N+]12CCC(CC1)C(OC(=O)[C@](O)(c1ccco1)C1CCCCC1)C2)Nc1cncnc1. The van der Waals surface area contributed by atoms with Crippen LogP contribution in [0.5, 0.6) is 0 Å². The van der Waals surface area contributed by atoms with Gasteiger partial charge in [-0.15, -0.1) is 0 Å². The molecule has 4 fully saturated rings. The summed E-state index contributed by atoms with van der Waals surface area (Å²) in [5, 5.41) is 14.6. The first-order chi connectivity index (χ1) is 16.5. The maximum atomic E-state index is 13.5. The number of hydrogen-bond donors (Lipinski definition) is 2. The number of piperidine rings is 3. The second kappa shape index (κ2) is 9.46. The number of quaternary nitrogens is 1. The normalized spacial score (nSPS) is 28.7. The van der Waals surface area contributed by atoms with Crippen LogP contribution >= 0.6 is 0 Å². The lowest BCUT2D eigenvalue weighted by Gasteiger charge is -2.52. The molecule has 1 aliphatic carbocycles. The Hall–Kier alpha value is -2.78. The second-order valence-corrected chi connectivity index (χ2v) is 10.2. The standard InChI is InChI=1S/C25H32N4O5/c30-23(28-20-13-26-17-27-14-20)16-29-10-8-18(9-11-29)21(15-29)34-24(31)25(32,22-7-4-12-33-22)19-5-2-1-3-6-19/h4,7,12-14,17-19,21,32H,1-3,5-6,8-11,15-16H2/p+1/t18?,21?,25-,29?/m1/s1. The molecule has 1 saturated carbocycles.